The summed E-state index contributed by atoms with van der Waals surface area (Å²) in [6, 6.07) is 0.386. The highest BCUT2D eigenvalue weighted by atomic mass is 16.5. The molecule has 0 aromatic rings. The Morgan fingerprint density at radius 3 is 2.82 bits per heavy atom. The van der Waals surface area contributed by atoms with E-state index in [1.807, 2.05) is 0 Å². The van der Waals surface area contributed by atoms with E-state index in [2.05, 4.69) is 11.8 Å². The van der Waals surface area contributed by atoms with Crippen LogP contribution in [0.5, 0.6) is 0 Å². The first kappa shape index (κ1) is 14.4. The van der Waals surface area contributed by atoms with Crippen molar-refractivity contribution in [3.05, 3.63) is 0 Å². The number of nitrogens with zero attached hydrogens (tertiary/aromatic N) is 1. The number of ether oxygens (including phenoxy) is 1. The maximum absolute atomic E-state index is 10.3. The Balaban J connectivity index is 2.14. The van der Waals surface area contributed by atoms with E-state index in [1.54, 1.807) is 0 Å². The first-order valence-corrected chi connectivity index (χ1v) is 6.31. The number of hydrogen-bond donors (Lipinski definition) is 2. The lowest BCUT2D eigenvalue weighted by Crippen LogP contribution is -2.49. The van der Waals surface area contributed by atoms with Gasteiger partial charge in [0.15, 0.2) is 0 Å². The van der Waals surface area contributed by atoms with E-state index in [0.717, 1.165) is 32.4 Å². The normalized spacial score (nSPS) is 26.0. The molecular formula is C12H23NO4. The Morgan fingerprint density at radius 1 is 1.41 bits per heavy atom. The van der Waals surface area contributed by atoms with Crippen LogP contribution in [0.15, 0.2) is 0 Å². The van der Waals surface area contributed by atoms with Gasteiger partial charge in [-0.3, -0.25) is 9.69 Å². The maximum Gasteiger partial charge on any atom is 0.303 e. The summed E-state index contributed by atoms with van der Waals surface area (Å²) in [6.45, 7) is 4.59. The molecule has 2 atom stereocenters. The summed E-state index contributed by atoms with van der Waals surface area (Å²) in [5, 5.41) is 17.6. The molecular weight excluding hydrogens is 222 g/mol. The Labute approximate surface area is 102 Å². The minimum absolute atomic E-state index is 0.0646. The molecule has 2 N–H and O–H groups in total. The van der Waals surface area contributed by atoms with Gasteiger partial charge < -0.3 is 14.9 Å². The van der Waals surface area contributed by atoms with Gasteiger partial charge in [0.05, 0.1) is 19.3 Å². The van der Waals surface area contributed by atoms with Crippen molar-refractivity contribution in [1.29, 1.82) is 0 Å². The lowest BCUT2D eigenvalue weighted by Gasteiger charge is -2.37. The summed E-state index contributed by atoms with van der Waals surface area (Å²) < 4.78 is 5.46. The molecule has 5 nitrogen and oxygen atoms in total. The standard InChI is InChI=1S/C12H23NO4/c1-10-9-17-11(8-14)7-13(10)6-4-2-3-5-12(15)16/h10-11,14H,2-9H2,1H3,(H,15,16). The molecule has 0 bridgehead atoms. The lowest BCUT2D eigenvalue weighted by atomic mass is 10.1. The fraction of sp³-hybridized carbons (Fsp3) is 0.917. The van der Waals surface area contributed by atoms with Gasteiger partial charge in [-0.15, -0.1) is 0 Å². The summed E-state index contributed by atoms with van der Waals surface area (Å²) in [5.74, 6) is -0.718. The Kier molecular flexibility index (Phi) is 6.47. The first-order chi connectivity index (χ1) is 8.13. The van der Waals surface area contributed by atoms with E-state index in [4.69, 9.17) is 14.9 Å². The summed E-state index contributed by atoms with van der Waals surface area (Å²) in [6.07, 6.45) is 2.90. The van der Waals surface area contributed by atoms with E-state index in [0.29, 0.717) is 12.6 Å². The summed E-state index contributed by atoms with van der Waals surface area (Å²) in [5.41, 5.74) is 0. The molecule has 1 saturated heterocycles. The Hall–Kier alpha value is -0.650. The number of unbranched alkanes of at least 4 members (excludes halogenated alkanes) is 2. The van der Waals surface area contributed by atoms with Gasteiger partial charge in [-0.05, 0) is 26.3 Å². The van der Waals surface area contributed by atoms with Crippen LogP contribution in [-0.4, -0.2) is 59.5 Å². The van der Waals surface area contributed by atoms with E-state index < -0.39 is 5.97 Å². The average Bonchev–Trinajstić information content (AvgIpc) is 2.30. The minimum atomic E-state index is -0.718. The molecule has 0 aliphatic carbocycles. The zero-order valence-corrected chi connectivity index (χ0v) is 10.5. The number of carboxylic acid groups (broad SMARTS) is 1. The van der Waals surface area contributed by atoms with Gasteiger partial charge >= 0.3 is 5.97 Å². The van der Waals surface area contributed by atoms with Crippen LogP contribution in [0.1, 0.15) is 32.6 Å². The minimum Gasteiger partial charge on any atom is -0.481 e. The number of carboxylic acids is 1. The molecule has 0 aromatic heterocycles. The van der Waals surface area contributed by atoms with Gasteiger partial charge in [0, 0.05) is 19.0 Å². The summed E-state index contributed by atoms with van der Waals surface area (Å²) in [7, 11) is 0. The summed E-state index contributed by atoms with van der Waals surface area (Å²) >= 11 is 0. The zero-order valence-electron chi connectivity index (χ0n) is 10.5. The molecule has 100 valence electrons. The van der Waals surface area contributed by atoms with Gasteiger partial charge in [0.1, 0.15) is 0 Å². The molecule has 1 aliphatic rings. The molecule has 5 heteroatoms. The number of aliphatic carboxylic acids is 1. The van der Waals surface area contributed by atoms with Gasteiger partial charge in [-0.1, -0.05) is 6.42 Å². The smallest absolute Gasteiger partial charge is 0.303 e. The van der Waals surface area contributed by atoms with E-state index >= 15 is 0 Å². The highest BCUT2D eigenvalue weighted by Crippen LogP contribution is 2.13. The van der Waals surface area contributed by atoms with Crippen LogP contribution >= 0.6 is 0 Å². The number of hydrogen-bond acceptors (Lipinski definition) is 4. The SMILES string of the molecule is CC1COC(CO)CN1CCCCCC(=O)O. The highest BCUT2D eigenvalue weighted by Gasteiger charge is 2.24. The second kappa shape index (κ2) is 7.63. The molecule has 1 rings (SSSR count). The van der Waals surface area contributed by atoms with Crippen LogP contribution in [0.25, 0.3) is 0 Å². The molecule has 1 aliphatic heterocycles. The molecule has 17 heavy (non-hydrogen) atoms. The molecule has 2 unspecified atom stereocenters. The third-order valence-electron chi connectivity index (χ3n) is 3.17. The third-order valence-corrected chi connectivity index (χ3v) is 3.17. The zero-order chi connectivity index (χ0) is 12.7. The fourth-order valence-electron chi connectivity index (χ4n) is 2.06. The molecule has 0 spiro atoms. The van der Waals surface area contributed by atoms with Crippen molar-refractivity contribution < 1.29 is 19.7 Å². The van der Waals surface area contributed by atoms with Crippen molar-refractivity contribution in [3.63, 3.8) is 0 Å². The van der Waals surface area contributed by atoms with Crippen molar-refractivity contribution in [2.45, 2.75) is 44.8 Å². The van der Waals surface area contributed by atoms with Crippen molar-refractivity contribution in [3.8, 4) is 0 Å². The number of rotatable bonds is 7. The van der Waals surface area contributed by atoms with E-state index in [9.17, 15) is 4.79 Å². The number of carbonyl (C=O) groups is 1. The van der Waals surface area contributed by atoms with Crippen molar-refractivity contribution >= 4 is 5.97 Å². The van der Waals surface area contributed by atoms with Gasteiger partial charge in [-0.25, -0.2) is 0 Å². The van der Waals surface area contributed by atoms with Crippen LogP contribution in [0.3, 0.4) is 0 Å². The van der Waals surface area contributed by atoms with Crippen LogP contribution in [0.4, 0.5) is 0 Å². The van der Waals surface area contributed by atoms with Gasteiger partial charge in [0.25, 0.3) is 0 Å². The number of aliphatic hydroxyl groups excluding tert-OH is 1. The van der Waals surface area contributed by atoms with Crippen molar-refractivity contribution in [2.24, 2.45) is 0 Å². The average molecular weight is 245 g/mol. The lowest BCUT2D eigenvalue weighted by molar-refractivity contribution is -0.137. The molecule has 1 fully saturated rings. The van der Waals surface area contributed by atoms with Crippen molar-refractivity contribution in [1.82, 2.24) is 4.90 Å². The van der Waals surface area contributed by atoms with Gasteiger partial charge in [0.2, 0.25) is 0 Å². The van der Waals surface area contributed by atoms with E-state index in [-0.39, 0.29) is 19.1 Å². The Bertz CT molecular complexity index is 235. The van der Waals surface area contributed by atoms with Crippen molar-refractivity contribution in [2.75, 3.05) is 26.3 Å². The predicted molar refractivity (Wildman–Crippen MR) is 64.0 cm³/mol. The molecule has 1 heterocycles. The quantitative estimate of drug-likeness (QED) is 0.647. The second-order valence-electron chi connectivity index (χ2n) is 4.69. The molecule has 0 radical (unpaired) electrons. The molecule has 0 aromatic carbocycles. The molecule has 0 amide bonds. The highest BCUT2D eigenvalue weighted by molar-refractivity contribution is 5.66. The number of morpholine rings is 1. The number of aliphatic hydroxyl groups is 1. The van der Waals surface area contributed by atoms with Crippen LogP contribution in [-0.2, 0) is 9.53 Å². The topological polar surface area (TPSA) is 70.0 Å². The maximum atomic E-state index is 10.3. The van der Waals surface area contributed by atoms with Crippen LogP contribution < -0.4 is 0 Å². The van der Waals surface area contributed by atoms with Crippen LogP contribution in [0, 0.1) is 0 Å². The summed E-state index contributed by atoms with van der Waals surface area (Å²) in [4.78, 5) is 12.7. The van der Waals surface area contributed by atoms with E-state index in [1.165, 1.54) is 0 Å². The predicted octanol–water partition coefficient (Wildman–Crippen LogP) is 0.713. The molecule has 0 saturated carbocycles. The second-order valence-corrected chi connectivity index (χ2v) is 4.69. The van der Waals surface area contributed by atoms with Crippen LogP contribution in [0.2, 0.25) is 0 Å². The monoisotopic (exact) mass is 245 g/mol. The fourth-order valence-corrected chi connectivity index (χ4v) is 2.06. The Morgan fingerprint density at radius 2 is 2.18 bits per heavy atom. The van der Waals surface area contributed by atoms with Gasteiger partial charge in [-0.2, -0.15) is 0 Å². The largest absolute Gasteiger partial charge is 0.481 e. The third kappa shape index (κ3) is 5.48. The first-order valence-electron chi connectivity index (χ1n) is 6.31.